The lowest BCUT2D eigenvalue weighted by atomic mass is 9.99. The highest BCUT2D eigenvalue weighted by atomic mass is 16.6. The molecule has 4 heteroatoms. The molecule has 1 fully saturated rings. The van der Waals surface area contributed by atoms with Crippen LogP contribution in [0.3, 0.4) is 0 Å². The maximum atomic E-state index is 11.3. The standard InChI is InChI=1S/C11H22N2O2/c1-12-9-13-11(14)15-10-7-5-3-2-4-6-8-10/h10,12H,2-9H2,1H3,(H,13,14). The normalized spacial score (nSPS) is 19.0. The Bertz CT molecular complexity index is 177. The van der Waals surface area contributed by atoms with Gasteiger partial charge in [0, 0.05) is 0 Å². The van der Waals surface area contributed by atoms with Crippen molar-refractivity contribution in [1.82, 2.24) is 10.6 Å². The first-order valence-electron chi connectivity index (χ1n) is 5.92. The van der Waals surface area contributed by atoms with Gasteiger partial charge in [-0.1, -0.05) is 19.3 Å². The van der Waals surface area contributed by atoms with E-state index in [0.29, 0.717) is 6.67 Å². The van der Waals surface area contributed by atoms with Crippen molar-refractivity contribution in [2.24, 2.45) is 0 Å². The molecule has 0 unspecified atom stereocenters. The molecule has 0 radical (unpaired) electrons. The zero-order chi connectivity index (χ0) is 10.9. The first-order chi connectivity index (χ1) is 7.33. The molecule has 15 heavy (non-hydrogen) atoms. The molecule has 1 aliphatic rings. The van der Waals surface area contributed by atoms with E-state index in [1.807, 2.05) is 0 Å². The van der Waals surface area contributed by atoms with Crippen LogP contribution in [0.5, 0.6) is 0 Å². The molecule has 2 N–H and O–H groups in total. The Morgan fingerprint density at radius 2 is 1.80 bits per heavy atom. The van der Waals surface area contributed by atoms with Gasteiger partial charge in [-0.05, 0) is 32.7 Å². The third kappa shape index (κ3) is 5.62. The minimum atomic E-state index is -0.296. The molecule has 0 aliphatic heterocycles. The van der Waals surface area contributed by atoms with Crippen molar-refractivity contribution in [3.8, 4) is 0 Å². The van der Waals surface area contributed by atoms with Gasteiger partial charge >= 0.3 is 6.09 Å². The fourth-order valence-electron chi connectivity index (χ4n) is 1.89. The predicted molar refractivity (Wildman–Crippen MR) is 59.7 cm³/mol. The van der Waals surface area contributed by atoms with Crippen LogP contribution in [-0.4, -0.2) is 25.9 Å². The van der Waals surface area contributed by atoms with E-state index in [4.69, 9.17) is 4.74 Å². The smallest absolute Gasteiger partial charge is 0.408 e. The molecule has 4 nitrogen and oxygen atoms in total. The van der Waals surface area contributed by atoms with Crippen LogP contribution in [0.4, 0.5) is 4.79 Å². The summed E-state index contributed by atoms with van der Waals surface area (Å²) in [6.07, 6.45) is 8.12. The summed E-state index contributed by atoms with van der Waals surface area (Å²) < 4.78 is 5.34. The highest BCUT2D eigenvalue weighted by Gasteiger charge is 2.15. The summed E-state index contributed by atoms with van der Waals surface area (Å²) in [5.41, 5.74) is 0. The fraction of sp³-hybridized carbons (Fsp3) is 0.909. The topological polar surface area (TPSA) is 50.4 Å². The molecule has 0 spiro atoms. The van der Waals surface area contributed by atoms with Crippen molar-refractivity contribution >= 4 is 6.09 Å². The first kappa shape index (κ1) is 12.3. The van der Waals surface area contributed by atoms with Crippen LogP contribution >= 0.6 is 0 Å². The fourth-order valence-corrected chi connectivity index (χ4v) is 1.89. The zero-order valence-electron chi connectivity index (χ0n) is 9.55. The third-order valence-corrected chi connectivity index (χ3v) is 2.74. The SMILES string of the molecule is CNCNC(=O)OC1CCCCCCC1. The van der Waals surface area contributed by atoms with Crippen molar-refractivity contribution in [2.75, 3.05) is 13.7 Å². The Morgan fingerprint density at radius 3 is 2.40 bits per heavy atom. The second-order valence-electron chi connectivity index (χ2n) is 4.08. The van der Waals surface area contributed by atoms with Gasteiger partial charge in [0.15, 0.2) is 0 Å². The van der Waals surface area contributed by atoms with Crippen LogP contribution in [0.2, 0.25) is 0 Å². The van der Waals surface area contributed by atoms with Gasteiger partial charge in [-0.15, -0.1) is 0 Å². The van der Waals surface area contributed by atoms with Gasteiger partial charge in [0.2, 0.25) is 0 Å². The van der Waals surface area contributed by atoms with Gasteiger partial charge in [-0.25, -0.2) is 4.79 Å². The molecule has 1 saturated carbocycles. The Labute approximate surface area is 91.8 Å². The van der Waals surface area contributed by atoms with E-state index in [-0.39, 0.29) is 12.2 Å². The Balaban J connectivity index is 2.19. The quantitative estimate of drug-likeness (QED) is 0.706. The molecule has 1 amide bonds. The highest BCUT2D eigenvalue weighted by molar-refractivity contribution is 5.67. The molecule has 0 aromatic heterocycles. The Kier molecular flexibility index (Phi) is 6.16. The summed E-state index contributed by atoms with van der Waals surface area (Å²) in [6, 6.07) is 0. The Hall–Kier alpha value is -0.770. The third-order valence-electron chi connectivity index (χ3n) is 2.74. The van der Waals surface area contributed by atoms with Gasteiger partial charge < -0.3 is 15.4 Å². The summed E-state index contributed by atoms with van der Waals surface area (Å²) in [5.74, 6) is 0. The van der Waals surface area contributed by atoms with Crippen LogP contribution in [0.1, 0.15) is 44.9 Å². The lowest BCUT2D eigenvalue weighted by Gasteiger charge is -2.20. The molecule has 0 saturated heterocycles. The molecular formula is C11H22N2O2. The van der Waals surface area contributed by atoms with Crippen molar-refractivity contribution < 1.29 is 9.53 Å². The van der Waals surface area contributed by atoms with Crippen molar-refractivity contribution in [3.63, 3.8) is 0 Å². The number of ether oxygens (including phenoxy) is 1. The summed E-state index contributed by atoms with van der Waals surface area (Å²) in [6.45, 7) is 0.464. The van der Waals surface area contributed by atoms with E-state index < -0.39 is 0 Å². The Morgan fingerprint density at radius 1 is 1.20 bits per heavy atom. The number of nitrogens with one attached hydrogen (secondary N) is 2. The average Bonchev–Trinajstić information content (AvgIpc) is 2.19. The van der Waals surface area contributed by atoms with Crippen LogP contribution in [0, 0.1) is 0 Å². The van der Waals surface area contributed by atoms with Crippen molar-refractivity contribution in [1.29, 1.82) is 0 Å². The minimum absolute atomic E-state index is 0.127. The second kappa shape index (κ2) is 7.51. The van der Waals surface area contributed by atoms with Crippen molar-refractivity contribution in [3.05, 3.63) is 0 Å². The molecular weight excluding hydrogens is 192 g/mol. The van der Waals surface area contributed by atoms with E-state index in [1.165, 1.54) is 32.1 Å². The van der Waals surface area contributed by atoms with Gasteiger partial charge in [0.1, 0.15) is 6.10 Å². The lowest BCUT2D eigenvalue weighted by Crippen LogP contribution is -2.34. The van der Waals surface area contributed by atoms with E-state index >= 15 is 0 Å². The number of hydrogen-bond acceptors (Lipinski definition) is 3. The second-order valence-corrected chi connectivity index (χ2v) is 4.08. The number of amides is 1. The lowest BCUT2D eigenvalue weighted by molar-refractivity contribution is 0.0814. The van der Waals surface area contributed by atoms with Gasteiger partial charge in [-0.3, -0.25) is 0 Å². The van der Waals surface area contributed by atoms with Gasteiger partial charge in [-0.2, -0.15) is 0 Å². The van der Waals surface area contributed by atoms with Crippen molar-refractivity contribution in [2.45, 2.75) is 51.0 Å². The van der Waals surface area contributed by atoms with Crippen LogP contribution in [0.15, 0.2) is 0 Å². The van der Waals surface area contributed by atoms with E-state index in [1.54, 1.807) is 7.05 Å². The monoisotopic (exact) mass is 214 g/mol. The molecule has 1 rings (SSSR count). The number of alkyl carbamates (subject to hydrolysis) is 1. The molecule has 88 valence electrons. The molecule has 0 aromatic rings. The minimum Gasteiger partial charge on any atom is -0.446 e. The molecule has 0 bridgehead atoms. The van der Waals surface area contributed by atoms with Gasteiger partial charge in [0.25, 0.3) is 0 Å². The predicted octanol–water partition coefficient (Wildman–Crippen LogP) is 2.00. The number of rotatable bonds is 3. The number of carbonyl (C=O) groups excluding carboxylic acids is 1. The first-order valence-corrected chi connectivity index (χ1v) is 5.92. The number of carbonyl (C=O) groups is 1. The molecule has 1 aliphatic carbocycles. The highest BCUT2D eigenvalue weighted by Crippen LogP contribution is 2.19. The largest absolute Gasteiger partial charge is 0.446 e. The van der Waals surface area contributed by atoms with Crippen LogP contribution in [-0.2, 0) is 4.74 Å². The zero-order valence-corrected chi connectivity index (χ0v) is 9.55. The summed E-state index contributed by atoms with van der Waals surface area (Å²) in [7, 11) is 1.79. The van der Waals surface area contributed by atoms with E-state index in [9.17, 15) is 4.79 Å². The molecule has 0 aromatic carbocycles. The van der Waals surface area contributed by atoms with E-state index in [2.05, 4.69) is 10.6 Å². The van der Waals surface area contributed by atoms with Crippen LogP contribution < -0.4 is 10.6 Å². The summed E-state index contributed by atoms with van der Waals surface area (Å²) in [4.78, 5) is 11.3. The van der Waals surface area contributed by atoms with Gasteiger partial charge in [0.05, 0.1) is 6.67 Å². The van der Waals surface area contributed by atoms with Crippen LogP contribution in [0.25, 0.3) is 0 Å². The maximum absolute atomic E-state index is 11.3. The maximum Gasteiger partial charge on any atom is 0.408 e. The number of hydrogen-bond donors (Lipinski definition) is 2. The summed E-state index contributed by atoms with van der Waals surface area (Å²) >= 11 is 0. The van der Waals surface area contributed by atoms with E-state index in [0.717, 1.165) is 12.8 Å². The average molecular weight is 214 g/mol. The molecule has 0 atom stereocenters. The summed E-state index contributed by atoms with van der Waals surface area (Å²) in [5, 5.41) is 5.49. The molecule has 0 heterocycles.